The maximum Gasteiger partial charge on any atom is 0.0587 e. The summed E-state index contributed by atoms with van der Waals surface area (Å²) in [6, 6.07) is 7.97. The van der Waals surface area contributed by atoms with Crippen LogP contribution in [0.1, 0.15) is 5.56 Å². The van der Waals surface area contributed by atoms with Gasteiger partial charge in [-0.3, -0.25) is 0 Å². The second-order valence-electron chi connectivity index (χ2n) is 3.19. The van der Waals surface area contributed by atoms with Crippen molar-refractivity contribution in [1.82, 2.24) is 5.32 Å². The van der Waals surface area contributed by atoms with E-state index in [0.29, 0.717) is 0 Å². The third-order valence-electron chi connectivity index (χ3n) is 2.11. The number of benzene rings is 1. The quantitative estimate of drug-likeness (QED) is 0.525. The van der Waals surface area contributed by atoms with Crippen LogP contribution in [-0.4, -0.2) is 26.8 Å². The first-order valence-electron chi connectivity index (χ1n) is 4.87. The summed E-state index contributed by atoms with van der Waals surface area (Å²) >= 11 is 0. The number of methoxy groups -OCH3 is 1. The van der Waals surface area contributed by atoms with E-state index in [9.17, 15) is 0 Å². The largest absolute Gasteiger partial charge is 0.399 e. The molecule has 1 rings (SSSR count). The molecule has 78 valence electrons. The summed E-state index contributed by atoms with van der Waals surface area (Å²) in [6.07, 6.45) is 0.969. The van der Waals surface area contributed by atoms with Gasteiger partial charge in [-0.05, 0) is 24.6 Å². The molecule has 0 aliphatic carbocycles. The molecule has 0 aliphatic heterocycles. The van der Waals surface area contributed by atoms with Crippen LogP contribution in [0.4, 0.5) is 5.69 Å². The Morgan fingerprint density at radius 2 is 2.07 bits per heavy atom. The smallest absolute Gasteiger partial charge is 0.0587 e. The molecule has 0 bridgehead atoms. The third-order valence-corrected chi connectivity index (χ3v) is 2.11. The number of para-hydroxylation sites is 1. The summed E-state index contributed by atoms with van der Waals surface area (Å²) in [6.45, 7) is 2.59. The minimum atomic E-state index is 0.754. The zero-order valence-corrected chi connectivity index (χ0v) is 8.62. The van der Waals surface area contributed by atoms with Gasteiger partial charge >= 0.3 is 0 Å². The number of hydrogen-bond donors (Lipinski definition) is 2. The van der Waals surface area contributed by atoms with Crippen LogP contribution in [-0.2, 0) is 11.2 Å². The van der Waals surface area contributed by atoms with Gasteiger partial charge in [-0.2, -0.15) is 0 Å². The van der Waals surface area contributed by atoms with Crippen molar-refractivity contribution in [2.45, 2.75) is 6.42 Å². The second-order valence-corrected chi connectivity index (χ2v) is 3.19. The van der Waals surface area contributed by atoms with E-state index in [2.05, 4.69) is 11.4 Å². The highest BCUT2D eigenvalue weighted by atomic mass is 16.5. The fourth-order valence-electron chi connectivity index (χ4n) is 1.28. The molecule has 3 nitrogen and oxygen atoms in total. The molecular formula is C11H18N2O. The van der Waals surface area contributed by atoms with Gasteiger partial charge in [-0.25, -0.2) is 0 Å². The van der Waals surface area contributed by atoms with Crippen molar-refractivity contribution < 1.29 is 4.74 Å². The predicted molar refractivity (Wildman–Crippen MR) is 59.3 cm³/mol. The molecule has 14 heavy (non-hydrogen) atoms. The molecule has 0 aliphatic rings. The predicted octanol–water partition coefficient (Wildman–Crippen LogP) is 1.05. The maximum atomic E-state index is 5.81. The van der Waals surface area contributed by atoms with E-state index in [4.69, 9.17) is 10.5 Å². The Kier molecular flexibility index (Phi) is 5.04. The van der Waals surface area contributed by atoms with Crippen molar-refractivity contribution >= 4 is 5.69 Å². The highest BCUT2D eigenvalue weighted by molar-refractivity contribution is 5.46. The van der Waals surface area contributed by atoms with Gasteiger partial charge in [-0.1, -0.05) is 18.2 Å². The van der Waals surface area contributed by atoms with E-state index in [1.807, 2.05) is 18.2 Å². The molecular weight excluding hydrogens is 176 g/mol. The summed E-state index contributed by atoms with van der Waals surface area (Å²) < 4.78 is 4.93. The van der Waals surface area contributed by atoms with E-state index in [1.165, 1.54) is 5.56 Å². The van der Waals surface area contributed by atoms with Crippen molar-refractivity contribution in [3.05, 3.63) is 29.8 Å². The number of anilines is 1. The van der Waals surface area contributed by atoms with Crippen LogP contribution in [0.25, 0.3) is 0 Å². The standard InChI is InChI=1S/C11H18N2O/c1-14-9-8-13-7-6-10-4-2-3-5-11(10)12/h2-5,13H,6-9,12H2,1H3. The molecule has 1 aromatic carbocycles. The summed E-state index contributed by atoms with van der Waals surface area (Å²) in [4.78, 5) is 0. The van der Waals surface area contributed by atoms with Gasteiger partial charge in [0.05, 0.1) is 6.61 Å². The number of nitrogens with two attached hydrogens (primary N) is 1. The molecule has 0 saturated heterocycles. The van der Waals surface area contributed by atoms with Crippen LogP contribution in [0.3, 0.4) is 0 Å². The van der Waals surface area contributed by atoms with E-state index in [-0.39, 0.29) is 0 Å². The number of hydrogen-bond acceptors (Lipinski definition) is 3. The third kappa shape index (κ3) is 3.77. The van der Waals surface area contributed by atoms with Crippen LogP contribution in [0, 0.1) is 0 Å². The lowest BCUT2D eigenvalue weighted by molar-refractivity contribution is 0.199. The second kappa shape index (κ2) is 6.40. The van der Waals surface area contributed by atoms with Crippen molar-refractivity contribution in [2.75, 3.05) is 32.5 Å². The van der Waals surface area contributed by atoms with Gasteiger partial charge < -0.3 is 15.8 Å². The average molecular weight is 194 g/mol. The fourth-order valence-corrected chi connectivity index (χ4v) is 1.28. The first kappa shape index (κ1) is 11.0. The van der Waals surface area contributed by atoms with Crippen LogP contribution < -0.4 is 11.1 Å². The molecule has 0 saturated carbocycles. The molecule has 0 unspecified atom stereocenters. The highest BCUT2D eigenvalue weighted by Gasteiger charge is 1.96. The molecule has 3 N–H and O–H groups in total. The van der Waals surface area contributed by atoms with Gasteiger partial charge in [0.15, 0.2) is 0 Å². The summed E-state index contributed by atoms with van der Waals surface area (Å²) in [5, 5.41) is 3.28. The lowest BCUT2D eigenvalue weighted by atomic mass is 10.1. The fraction of sp³-hybridized carbons (Fsp3) is 0.455. The Bertz CT molecular complexity index is 263. The van der Waals surface area contributed by atoms with Crippen molar-refractivity contribution in [2.24, 2.45) is 0 Å². The summed E-state index contributed by atoms with van der Waals surface area (Å²) in [5.74, 6) is 0. The molecule has 3 heteroatoms. The Morgan fingerprint density at radius 3 is 2.79 bits per heavy atom. The molecule has 0 atom stereocenters. The van der Waals surface area contributed by atoms with E-state index in [0.717, 1.165) is 31.8 Å². The first-order chi connectivity index (χ1) is 6.84. The lowest BCUT2D eigenvalue weighted by Gasteiger charge is -2.06. The van der Waals surface area contributed by atoms with Crippen LogP contribution in [0.15, 0.2) is 24.3 Å². The first-order valence-corrected chi connectivity index (χ1v) is 4.87. The molecule has 0 fully saturated rings. The van der Waals surface area contributed by atoms with Crippen molar-refractivity contribution in [3.63, 3.8) is 0 Å². The maximum absolute atomic E-state index is 5.81. The molecule has 0 radical (unpaired) electrons. The highest BCUT2D eigenvalue weighted by Crippen LogP contribution is 2.09. The minimum absolute atomic E-state index is 0.754. The van der Waals surface area contributed by atoms with Gasteiger partial charge in [0.25, 0.3) is 0 Å². The summed E-state index contributed by atoms with van der Waals surface area (Å²) in [5.41, 5.74) is 7.89. The van der Waals surface area contributed by atoms with Crippen molar-refractivity contribution in [3.8, 4) is 0 Å². The Morgan fingerprint density at radius 1 is 1.29 bits per heavy atom. The molecule has 0 heterocycles. The van der Waals surface area contributed by atoms with Gasteiger partial charge in [0.2, 0.25) is 0 Å². The van der Waals surface area contributed by atoms with Crippen LogP contribution in [0.2, 0.25) is 0 Å². The summed E-state index contributed by atoms with van der Waals surface area (Å²) in [7, 11) is 1.71. The van der Waals surface area contributed by atoms with E-state index >= 15 is 0 Å². The topological polar surface area (TPSA) is 47.3 Å². The Hall–Kier alpha value is -1.06. The normalized spacial score (nSPS) is 10.4. The van der Waals surface area contributed by atoms with Crippen LogP contribution >= 0.6 is 0 Å². The molecule has 0 aromatic heterocycles. The monoisotopic (exact) mass is 194 g/mol. The van der Waals surface area contributed by atoms with Gasteiger partial charge in [0, 0.05) is 19.3 Å². The van der Waals surface area contributed by atoms with E-state index in [1.54, 1.807) is 7.11 Å². The van der Waals surface area contributed by atoms with Crippen LogP contribution in [0.5, 0.6) is 0 Å². The Balaban J connectivity index is 2.21. The Labute approximate surface area is 85.3 Å². The van der Waals surface area contributed by atoms with Gasteiger partial charge in [0.1, 0.15) is 0 Å². The minimum Gasteiger partial charge on any atom is -0.399 e. The number of rotatable bonds is 6. The number of ether oxygens (including phenoxy) is 1. The SMILES string of the molecule is COCCNCCc1ccccc1N. The zero-order valence-electron chi connectivity index (χ0n) is 8.62. The molecule has 1 aromatic rings. The van der Waals surface area contributed by atoms with Crippen molar-refractivity contribution in [1.29, 1.82) is 0 Å². The number of nitrogens with one attached hydrogen (secondary N) is 1. The molecule has 0 amide bonds. The van der Waals surface area contributed by atoms with E-state index < -0.39 is 0 Å². The average Bonchev–Trinajstić information content (AvgIpc) is 2.20. The molecule has 0 spiro atoms. The lowest BCUT2D eigenvalue weighted by Crippen LogP contribution is -2.21. The number of nitrogen functional groups attached to an aromatic ring is 1. The van der Waals surface area contributed by atoms with Gasteiger partial charge in [-0.15, -0.1) is 0 Å². The zero-order chi connectivity index (χ0) is 10.2.